The largest absolute Gasteiger partial charge is 0.331 e. The third kappa shape index (κ3) is 3.23. The average molecular weight is 360 g/mol. The maximum atomic E-state index is 12.6. The van der Waals surface area contributed by atoms with Crippen LogP contribution < -0.4 is 10.3 Å². The molecule has 24 heavy (non-hydrogen) atoms. The highest BCUT2D eigenvalue weighted by atomic mass is 35.5. The summed E-state index contributed by atoms with van der Waals surface area (Å²) in [6.07, 6.45) is 0. The van der Waals surface area contributed by atoms with Gasteiger partial charge in [-0.05, 0) is 49.0 Å². The number of hydrogen-bond donors (Lipinski definition) is 1. The Morgan fingerprint density at radius 3 is 2.67 bits per heavy atom. The lowest BCUT2D eigenvalue weighted by Crippen LogP contribution is -2.45. The van der Waals surface area contributed by atoms with Crippen molar-refractivity contribution in [2.45, 2.75) is 13.8 Å². The highest BCUT2D eigenvalue weighted by Gasteiger charge is 2.37. The molecule has 0 radical (unpaired) electrons. The average Bonchev–Trinajstić information content (AvgIpc) is 2.87. The molecule has 1 atom stereocenters. The summed E-state index contributed by atoms with van der Waals surface area (Å²) in [5, 5.41) is 7.77. The molecule has 1 heterocycles. The van der Waals surface area contributed by atoms with Crippen LogP contribution in [0.4, 0.5) is 11.4 Å². The summed E-state index contributed by atoms with van der Waals surface area (Å²) >= 11 is 11.6. The van der Waals surface area contributed by atoms with Crippen molar-refractivity contribution >= 4 is 46.2 Å². The fraction of sp³-hybridized carbons (Fsp3) is 0.222. The highest BCUT2D eigenvalue weighted by Crippen LogP contribution is 2.27. The molecule has 1 unspecified atom stereocenters. The van der Waals surface area contributed by atoms with Crippen LogP contribution in [0, 0.1) is 12.8 Å². The highest BCUT2D eigenvalue weighted by molar-refractivity contribution is 7.80. The minimum absolute atomic E-state index is 0.0353. The van der Waals surface area contributed by atoms with E-state index in [2.05, 4.69) is 5.32 Å². The Morgan fingerprint density at radius 2 is 1.96 bits per heavy atom. The Morgan fingerprint density at radius 1 is 1.25 bits per heavy atom. The molecule has 1 aliphatic heterocycles. The number of benzene rings is 2. The zero-order valence-electron chi connectivity index (χ0n) is 13.5. The lowest BCUT2D eigenvalue weighted by Gasteiger charge is -2.30. The Balaban J connectivity index is 1.87. The molecule has 1 aliphatic rings. The summed E-state index contributed by atoms with van der Waals surface area (Å²) in [5.41, 5.74) is 2.68. The summed E-state index contributed by atoms with van der Waals surface area (Å²) in [6.45, 7) is 4.43. The molecule has 1 fully saturated rings. The predicted octanol–water partition coefficient (Wildman–Crippen LogP) is 4.25. The second kappa shape index (κ2) is 6.79. The number of nitrogens with zero attached hydrogens (tertiary/aromatic N) is 2. The van der Waals surface area contributed by atoms with Crippen LogP contribution >= 0.6 is 23.8 Å². The number of carbonyl (C=O) groups is 1. The van der Waals surface area contributed by atoms with Crippen molar-refractivity contribution < 1.29 is 4.79 Å². The molecule has 0 saturated carbocycles. The van der Waals surface area contributed by atoms with Gasteiger partial charge in [0.2, 0.25) is 0 Å². The second-order valence-corrected chi connectivity index (χ2v) is 6.68. The molecule has 4 nitrogen and oxygen atoms in total. The minimum Gasteiger partial charge on any atom is -0.331 e. The van der Waals surface area contributed by atoms with Crippen molar-refractivity contribution in [3.05, 3.63) is 59.1 Å². The summed E-state index contributed by atoms with van der Waals surface area (Å²) in [7, 11) is 0. The monoisotopic (exact) mass is 359 g/mol. The van der Waals surface area contributed by atoms with E-state index in [1.807, 2.05) is 62.4 Å². The van der Waals surface area contributed by atoms with Crippen LogP contribution in [-0.2, 0) is 4.79 Å². The van der Waals surface area contributed by atoms with E-state index in [1.54, 1.807) is 10.0 Å². The van der Waals surface area contributed by atoms with Crippen molar-refractivity contribution in [2.75, 3.05) is 16.9 Å². The van der Waals surface area contributed by atoms with E-state index in [1.165, 1.54) is 0 Å². The molecule has 6 heteroatoms. The Kier molecular flexibility index (Phi) is 4.73. The number of thiocarbonyl (C=S) groups is 1. The van der Waals surface area contributed by atoms with Crippen molar-refractivity contribution in [3.8, 4) is 0 Å². The maximum Gasteiger partial charge on any atom is 0.250 e. The van der Waals surface area contributed by atoms with Crippen LogP contribution in [0.1, 0.15) is 12.5 Å². The zero-order chi connectivity index (χ0) is 17.3. The van der Waals surface area contributed by atoms with Crippen LogP contribution in [0.3, 0.4) is 0 Å². The molecule has 1 N–H and O–H groups in total. The quantitative estimate of drug-likeness (QED) is 0.813. The molecular weight excluding hydrogens is 342 g/mol. The third-order valence-corrected chi connectivity index (χ3v) is 4.54. The molecule has 2 aromatic rings. The van der Waals surface area contributed by atoms with Crippen LogP contribution in [0.2, 0.25) is 5.02 Å². The number of rotatable bonds is 2. The summed E-state index contributed by atoms with van der Waals surface area (Å²) < 4.78 is 0. The van der Waals surface area contributed by atoms with E-state index in [0.29, 0.717) is 16.7 Å². The van der Waals surface area contributed by atoms with E-state index >= 15 is 0 Å². The zero-order valence-corrected chi connectivity index (χ0v) is 15.1. The van der Waals surface area contributed by atoms with Gasteiger partial charge >= 0.3 is 0 Å². The van der Waals surface area contributed by atoms with Gasteiger partial charge in [0.25, 0.3) is 5.91 Å². The second-order valence-electron chi connectivity index (χ2n) is 5.86. The lowest BCUT2D eigenvalue weighted by molar-refractivity contribution is -0.120. The summed E-state index contributed by atoms with van der Waals surface area (Å²) in [4.78, 5) is 12.6. The first-order valence-electron chi connectivity index (χ1n) is 7.71. The van der Waals surface area contributed by atoms with Gasteiger partial charge in [-0.25, -0.2) is 5.01 Å². The number of anilines is 2. The fourth-order valence-corrected chi connectivity index (χ4v) is 3.10. The number of hydrogen-bond acceptors (Lipinski definition) is 2. The molecule has 124 valence electrons. The molecular formula is C18H18ClN3OS. The van der Waals surface area contributed by atoms with Gasteiger partial charge in [-0.15, -0.1) is 0 Å². The molecule has 2 aromatic carbocycles. The van der Waals surface area contributed by atoms with Crippen LogP contribution in [-0.4, -0.2) is 22.6 Å². The van der Waals surface area contributed by atoms with E-state index in [0.717, 1.165) is 16.9 Å². The molecule has 1 saturated heterocycles. The number of hydrazine groups is 1. The number of para-hydroxylation sites is 1. The van der Waals surface area contributed by atoms with Gasteiger partial charge in [0.05, 0.1) is 18.2 Å². The van der Waals surface area contributed by atoms with Crippen molar-refractivity contribution in [1.82, 2.24) is 5.01 Å². The predicted molar refractivity (Wildman–Crippen MR) is 102 cm³/mol. The van der Waals surface area contributed by atoms with Crippen LogP contribution in [0.15, 0.2) is 48.5 Å². The standard InChI is InChI=1S/C18H18ClN3OS/c1-12-8-9-14(19)10-16(12)20-18(24)21-11-13(2)17(23)22(21)15-6-4-3-5-7-15/h3-10,13H,11H2,1-2H3,(H,20,24). The van der Waals surface area contributed by atoms with Crippen LogP contribution in [0.25, 0.3) is 0 Å². The van der Waals surface area contributed by atoms with Crippen molar-refractivity contribution in [1.29, 1.82) is 0 Å². The first kappa shape index (κ1) is 16.7. The molecule has 0 aliphatic carbocycles. The third-order valence-electron chi connectivity index (χ3n) is 3.99. The topological polar surface area (TPSA) is 35.6 Å². The van der Waals surface area contributed by atoms with Crippen molar-refractivity contribution in [3.63, 3.8) is 0 Å². The smallest absolute Gasteiger partial charge is 0.250 e. The normalized spacial score (nSPS) is 17.3. The summed E-state index contributed by atoms with van der Waals surface area (Å²) in [6, 6.07) is 15.1. The Labute approximate surface area is 152 Å². The molecule has 0 spiro atoms. The fourth-order valence-electron chi connectivity index (χ4n) is 2.67. The SMILES string of the molecule is Cc1ccc(Cl)cc1NC(=S)N1CC(C)C(=O)N1c1ccccc1. The van der Waals surface area contributed by atoms with Gasteiger partial charge in [-0.3, -0.25) is 9.80 Å². The van der Waals surface area contributed by atoms with Gasteiger partial charge < -0.3 is 5.32 Å². The lowest BCUT2D eigenvalue weighted by atomic mass is 10.2. The van der Waals surface area contributed by atoms with Gasteiger partial charge in [-0.1, -0.05) is 42.8 Å². The van der Waals surface area contributed by atoms with E-state index in [4.69, 9.17) is 23.8 Å². The van der Waals surface area contributed by atoms with Crippen molar-refractivity contribution in [2.24, 2.45) is 5.92 Å². The molecule has 1 amide bonds. The first-order chi connectivity index (χ1) is 11.5. The molecule has 3 rings (SSSR count). The Bertz CT molecular complexity index is 781. The van der Waals surface area contributed by atoms with E-state index in [9.17, 15) is 4.79 Å². The van der Waals surface area contributed by atoms with Gasteiger partial charge in [-0.2, -0.15) is 0 Å². The maximum absolute atomic E-state index is 12.6. The van der Waals surface area contributed by atoms with Gasteiger partial charge in [0.15, 0.2) is 5.11 Å². The number of aryl methyl sites for hydroxylation is 1. The van der Waals surface area contributed by atoms with Gasteiger partial charge in [0, 0.05) is 10.7 Å². The van der Waals surface area contributed by atoms with E-state index in [-0.39, 0.29) is 11.8 Å². The minimum atomic E-state index is -0.120. The van der Waals surface area contributed by atoms with Gasteiger partial charge in [0.1, 0.15) is 0 Å². The van der Waals surface area contributed by atoms with Crippen LogP contribution in [0.5, 0.6) is 0 Å². The molecule has 0 aromatic heterocycles. The number of halogens is 1. The Hall–Kier alpha value is -2.11. The molecule has 0 bridgehead atoms. The summed E-state index contributed by atoms with van der Waals surface area (Å²) in [5.74, 6) is -0.0846. The number of amides is 1. The number of nitrogens with one attached hydrogen (secondary N) is 1. The first-order valence-corrected chi connectivity index (χ1v) is 8.49. The number of carbonyl (C=O) groups excluding carboxylic acids is 1. The van der Waals surface area contributed by atoms with E-state index < -0.39 is 0 Å².